The molecule has 0 aliphatic heterocycles. The molecule has 0 rings (SSSR count). The summed E-state index contributed by atoms with van der Waals surface area (Å²) in [6.07, 6.45) is 56.0. The molecule has 0 saturated heterocycles. The number of nitrogens with zero attached hydrogens (tertiary/aromatic N) is 1. The van der Waals surface area contributed by atoms with E-state index in [0.717, 1.165) is 77.0 Å². The normalized spacial score (nSPS) is 14.6. The molecule has 2 unspecified atom stereocenters. The van der Waals surface area contributed by atoms with Gasteiger partial charge in [0.1, 0.15) is 19.8 Å². The Hall–Kier alpha value is -3.33. The highest BCUT2D eigenvalue weighted by Gasteiger charge is 2.27. The molecule has 0 heterocycles. The van der Waals surface area contributed by atoms with Gasteiger partial charge in [0, 0.05) is 6.42 Å². The number of esters is 2. The maximum atomic E-state index is 12.6. The predicted octanol–water partition coefficient (Wildman–Crippen LogP) is 13.1. The van der Waals surface area contributed by atoms with E-state index in [9.17, 15) is 19.0 Å². The second-order valence-electron chi connectivity index (χ2n) is 15.7. The van der Waals surface area contributed by atoms with Gasteiger partial charge in [-0.3, -0.25) is 18.6 Å². The molecule has 0 radical (unpaired) electrons. The lowest BCUT2D eigenvalue weighted by Gasteiger charge is -2.24. The molecule has 340 valence electrons. The van der Waals surface area contributed by atoms with Crippen molar-refractivity contribution in [3.05, 3.63) is 109 Å². The summed E-state index contributed by atoms with van der Waals surface area (Å²) in [6, 6.07) is 0. The maximum absolute atomic E-state index is 12.6. The van der Waals surface area contributed by atoms with Crippen molar-refractivity contribution in [3.63, 3.8) is 0 Å². The molecular formula is C50H83NO8P+. The number of hydrogen-bond acceptors (Lipinski definition) is 7. The van der Waals surface area contributed by atoms with Crippen molar-refractivity contribution < 1.29 is 42.1 Å². The number of quaternary nitrogens is 1. The topological polar surface area (TPSA) is 108 Å². The summed E-state index contributed by atoms with van der Waals surface area (Å²) in [6.45, 7) is 4.04. The van der Waals surface area contributed by atoms with Gasteiger partial charge in [-0.25, -0.2) is 4.57 Å². The number of phosphoric ester groups is 1. The van der Waals surface area contributed by atoms with Crippen molar-refractivity contribution in [1.82, 2.24) is 0 Å². The minimum Gasteiger partial charge on any atom is -0.462 e. The average Bonchev–Trinajstić information content (AvgIpc) is 3.20. The van der Waals surface area contributed by atoms with E-state index in [1.807, 2.05) is 33.3 Å². The number of carbonyl (C=O) groups excluding carboxylic acids is 2. The van der Waals surface area contributed by atoms with Crippen LogP contribution >= 0.6 is 7.82 Å². The van der Waals surface area contributed by atoms with Gasteiger partial charge >= 0.3 is 19.8 Å². The first-order chi connectivity index (χ1) is 29.0. The van der Waals surface area contributed by atoms with Crippen molar-refractivity contribution >= 4 is 19.8 Å². The Balaban J connectivity index is 4.45. The summed E-state index contributed by atoms with van der Waals surface area (Å²) in [5, 5.41) is 0. The molecule has 0 bridgehead atoms. The summed E-state index contributed by atoms with van der Waals surface area (Å²) >= 11 is 0. The van der Waals surface area contributed by atoms with Crippen LogP contribution in [-0.2, 0) is 32.7 Å². The van der Waals surface area contributed by atoms with Gasteiger partial charge in [0.15, 0.2) is 6.10 Å². The van der Waals surface area contributed by atoms with Gasteiger partial charge in [-0.1, -0.05) is 162 Å². The van der Waals surface area contributed by atoms with E-state index >= 15 is 0 Å². The zero-order valence-electron chi connectivity index (χ0n) is 38.1. The van der Waals surface area contributed by atoms with E-state index in [2.05, 4.69) is 105 Å². The number of ether oxygens (including phenoxy) is 2. The predicted molar refractivity (Wildman–Crippen MR) is 251 cm³/mol. The minimum absolute atomic E-state index is 0.0000424. The number of carbonyl (C=O) groups is 2. The maximum Gasteiger partial charge on any atom is 0.472 e. The smallest absolute Gasteiger partial charge is 0.462 e. The summed E-state index contributed by atoms with van der Waals surface area (Å²) in [5.74, 6) is -0.967. The highest BCUT2D eigenvalue weighted by molar-refractivity contribution is 7.47. The molecule has 0 aromatic rings. The Morgan fingerprint density at radius 3 is 1.42 bits per heavy atom. The second kappa shape index (κ2) is 41.0. The van der Waals surface area contributed by atoms with Crippen LogP contribution in [0.5, 0.6) is 0 Å². The fourth-order valence-electron chi connectivity index (χ4n) is 5.37. The molecule has 0 amide bonds. The highest BCUT2D eigenvalue weighted by atomic mass is 31.2. The molecule has 2 atom stereocenters. The summed E-state index contributed by atoms with van der Waals surface area (Å²) in [7, 11) is 1.40. The van der Waals surface area contributed by atoms with Gasteiger partial charge in [-0.05, 0) is 77.0 Å². The molecule has 0 aliphatic rings. The number of allylic oxidation sites excluding steroid dienone is 17. The van der Waals surface area contributed by atoms with E-state index in [-0.39, 0.29) is 26.1 Å². The molecular weight excluding hydrogens is 774 g/mol. The summed E-state index contributed by atoms with van der Waals surface area (Å²) < 4.78 is 34.2. The van der Waals surface area contributed by atoms with Crippen molar-refractivity contribution in [2.75, 3.05) is 47.5 Å². The van der Waals surface area contributed by atoms with Gasteiger partial charge in [-0.15, -0.1) is 0 Å². The quantitative estimate of drug-likeness (QED) is 0.0214. The molecule has 9 nitrogen and oxygen atoms in total. The lowest BCUT2D eigenvalue weighted by atomic mass is 10.1. The first-order valence-electron chi connectivity index (χ1n) is 22.6. The molecule has 0 fully saturated rings. The number of hydrogen-bond donors (Lipinski definition) is 1. The van der Waals surface area contributed by atoms with E-state index in [1.54, 1.807) is 6.08 Å². The van der Waals surface area contributed by atoms with Crippen LogP contribution in [0.4, 0.5) is 0 Å². The number of phosphoric acid groups is 1. The Labute approximate surface area is 366 Å². The monoisotopic (exact) mass is 857 g/mol. The van der Waals surface area contributed by atoms with Crippen LogP contribution in [0.3, 0.4) is 0 Å². The van der Waals surface area contributed by atoms with Crippen LogP contribution in [-0.4, -0.2) is 74.9 Å². The Bertz CT molecular complexity index is 1380. The van der Waals surface area contributed by atoms with Crippen molar-refractivity contribution in [2.24, 2.45) is 0 Å². The SMILES string of the molecule is CC/C=C\C/C=C\C/C=C\C/C=C\C/C=C\CC(=O)OC(COC(=O)CCCCCCCCCC/C=C\C/C=C\C/C=C\C/C=C\CC)COP(=O)(O)OCC[N+](C)(C)C. The van der Waals surface area contributed by atoms with Crippen LogP contribution in [0.25, 0.3) is 0 Å². The second-order valence-corrected chi connectivity index (χ2v) is 17.1. The van der Waals surface area contributed by atoms with Gasteiger partial charge in [0.2, 0.25) is 0 Å². The molecule has 1 N–H and O–H groups in total. The average molecular weight is 857 g/mol. The van der Waals surface area contributed by atoms with Crippen LogP contribution in [0, 0.1) is 0 Å². The Kier molecular flexibility index (Phi) is 38.8. The fraction of sp³-hybridized carbons (Fsp3) is 0.600. The lowest BCUT2D eigenvalue weighted by Crippen LogP contribution is -2.37. The number of likely N-dealkylation sites (N-methyl/N-ethyl adjacent to an activating group) is 1. The van der Waals surface area contributed by atoms with E-state index in [4.69, 9.17) is 18.5 Å². The third-order valence-electron chi connectivity index (χ3n) is 8.83. The minimum atomic E-state index is -4.41. The molecule has 0 aromatic carbocycles. The third kappa shape index (κ3) is 44.2. The van der Waals surface area contributed by atoms with Gasteiger partial charge in [0.25, 0.3) is 0 Å². The van der Waals surface area contributed by atoms with Gasteiger partial charge in [-0.2, -0.15) is 0 Å². The molecule has 0 saturated carbocycles. The standard InChI is InChI=1S/C50H82NO8P/c1-6-8-10-12-14-16-18-20-22-23-24-25-26-27-29-30-32-34-36-38-40-42-49(52)56-46-48(47-58-60(54,55)57-45-44-51(3,4)5)59-50(53)43-41-39-37-35-33-31-28-21-19-17-15-13-11-9-7-2/h8-11,14-17,20-22,24-25,28,33,35,39,41,48H,6-7,12-13,18-19,23,26-27,29-32,34,36-38,40,42-47H2,1-5H3/p+1/b10-8-,11-9-,16-14-,17-15-,22-20-,25-24-,28-21-,35-33-,41-39-. The van der Waals surface area contributed by atoms with E-state index < -0.39 is 32.5 Å². The highest BCUT2D eigenvalue weighted by Crippen LogP contribution is 2.43. The van der Waals surface area contributed by atoms with Crippen molar-refractivity contribution in [1.29, 1.82) is 0 Å². The van der Waals surface area contributed by atoms with Crippen molar-refractivity contribution in [2.45, 2.75) is 148 Å². The largest absolute Gasteiger partial charge is 0.472 e. The van der Waals surface area contributed by atoms with E-state index in [1.165, 1.54) is 25.7 Å². The summed E-state index contributed by atoms with van der Waals surface area (Å²) in [4.78, 5) is 35.3. The van der Waals surface area contributed by atoms with Crippen LogP contribution in [0.15, 0.2) is 109 Å². The fourth-order valence-corrected chi connectivity index (χ4v) is 6.11. The van der Waals surface area contributed by atoms with Gasteiger partial charge < -0.3 is 18.9 Å². The third-order valence-corrected chi connectivity index (χ3v) is 9.82. The van der Waals surface area contributed by atoms with Crippen LogP contribution in [0.2, 0.25) is 0 Å². The first-order valence-corrected chi connectivity index (χ1v) is 24.1. The molecule has 60 heavy (non-hydrogen) atoms. The zero-order chi connectivity index (χ0) is 44.3. The van der Waals surface area contributed by atoms with E-state index in [0.29, 0.717) is 23.9 Å². The Morgan fingerprint density at radius 2 is 0.950 bits per heavy atom. The lowest BCUT2D eigenvalue weighted by molar-refractivity contribution is -0.870. The van der Waals surface area contributed by atoms with Crippen molar-refractivity contribution in [3.8, 4) is 0 Å². The summed E-state index contributed by atoms with van der Waals surface area (Å²) in [5.41, 5.74) is 0. The van der Waals surface area contributed by atoms with Crippen LogP contribution in [0.1, 0.15) is 142 Å². The molecule has 0 spiro atoms. The Morgan fingerprint density at radius 1 is 0.533 bits per heavy atom. The number of rotatable bonds is 39. The van der Waals surface area contributed by atoms with Crippen LogP contribution < -0.4 is 0 Å². The molecule has 10 heteroatoms. The van der Waals surface area contributed by atoms with Gasteiger partial charge in [0.05, 0.1) is 34.2 Å². The molecule has 0 aromatic heterocycles. The number of unbranched alkanes of at least 4 members (excludes halogenated alkanes) is 8. The molecule has 0 aliphatic carbocycles. The first kappa shape index (κ1) is 56.7. The zero-order valence-corrected chi connectivity index (χ0v) is 39.0.